The molecule has 0 radical (unpaired) electrons. The lowest BCUT2D eigenvalue weighted by molar-refractivity contribution is -0.111. The zero-order valence-electron chi connectivity index (χ0n) is 17.3. The average Bonchev–Trinajstić information content (AvgIpc) is 3.17. The van der Waals surface area contributed by atoms with Gasteiger partial charge < -0.3 is 10.3 Å². The van der Waals surface area contributed by atoms with E-state index >= 15 is 0 Å². The highest BCUT2D eigenvalue weighted by Gasteiger charge is 2.12. The van der Waals surface area contributed by atoms with Crippen molar-refractivity contribution in [3.63, 3.8) is 0 Å². The van der Waals surface area contributed by atoms with E-state index in [1.54, 1.807) is 48.5 Å². The van der Waals surface area contributed by atoms with Crippen molar-refractivity contribution in [3.8, 4) is 11.4 Å². The van der Waals surface area contributed by atoms with Gasteiger partial charge in [0, 0.05) is 17.5 Å². The van der Waals surface area contributed by atoms with Crippen LogP contribution in [0.3, 0.4) is 0 Å². The molecule has 4 rings (SSSR count). The number of carbonyl (C=O) groups excluding carboxylic acids is 1. The summed E-state index contributed by atoms with van der Waals surface area (Å²) in [5.41, 5.74) is 2.70. The summed E-state index contributed by atoms with van der Waals surface area (Å²) < 4.78 is 52.4. The maximum absolute atomic E-state index is 14.0. The van der Waals surface area contributed by atoms with Gasteiger partial charge in [-0.2, -0.15) is 0 Å². The lowest BCUT2D eigenvalue weighted by atomic mass is 10.2. The number of nitrogens with zero attached hydrogens (tertiary/aromatic N) is 1. The van der Waals surface area contributed by atoms with E-state index in [9.17, 15) is 22.0 Å². The molecule has 168 valence electrons. The predicted octanol–water partition coefficient (Wildman–Crippen LogP) is 4.53. The average molecular weight is 468 g/mol. The zero-order valence-corrected chi connectivity index (χ0v) is 18.1. The van der Waals surface area contributed by atoms with Crippen LogP contribution in [-0.2, 0) is 14.8 Å². The van der Waals surface area contributed by atoms with Crippen LogP contribution in [0.4, 0.5) is 20.2 Å². The number of benzene rings is 3. The van der Waals surface area contributed by atoms with Crippen LogP contribution in [0, 0.1) is 11.6 Å². The van der Waals surface area contributed by atoms with Gasteiger partial charge in [0.2, 0.25) is 15.9 Å². The van der Waals surface area contributed by atoms with E-state index in [1.807, 2.05) is 0 Å². The van der Waals surface area contributed by atoms with Gasteiger partial charge in [-0.3, -0.25) is 9.52 Å². The molecule has 7 nitrogen and oxygen atoms in total. The number of anilines is 2. The Morgan fingerprint density at radius 3 is 2.45 bits per heavy atom. The minimum absolute atomic E-state index is 0.0115. The lowest BCUT2D eigenvalue weighted by Gasteiger charge is -2.04. The fraction of sp³-hybridized carbons (Fsp3) is 0.0435. The van der Waals surface area contributed by atoms with Crippen LogP contribution in [0.1, 0.15) is 5.56 Å². The quantitative estimate of drug-likeness (QED) is 0.362. The number of aromatic nitrogens is 2. The maximum Gasteiger partial charge on any atom is 0.248 e. The zero-order chi connectivity index (χ0) is 23.6. The summed E-state index contributed by atoms with van der Waals surface area (Å²) in [6.07, 6.45) is 3.98. The molecule has 0 aliphatic heterocycles. The third kappa shape index (κ3) is 5.60. The van der Waals surface area contributed by atoms with Crippen molar-refractivity contribution >= 4 is 44.4 Å². The van der Waals surface area contributed by atoms with Crippen LogP contribution < -0.4 is 10.0 Å². The fourth-order valence-corrected chi connectivity index (χ4v) is 3.69. The van der Waals surface area contributed by atoms with Crippen LogP contribution in [-0.4, -0.2) is 30.5 Å². The van der Waals surface area contributed by atoms with Gasteiger partial charge >= 0.3 is 0 Å². The molecule has 0 atom stereocenters. The van der Waals surface area contributed by atoms with Gasteiger partial charge in [-0.15, -0.1) is 0 Å². The second kappa shape index (κ2) is 8.83. The molecule has 0 fully saturated rings. The summed E-state index contributed by atoms with van der Waals surface area (Å²) in [6, 6.07) is 14.6. The Morgan fingerprint density at radius 1 is 1.00 bits per heavy atom. The van der Waals surface area contributed by atoms with Crippen LogP contribution >= 0.6 is 0 Å². The third-order valence-corrected chi connectivity index (χ3v) is 5.18. The van der Waals surface area contributed by atoms with Crippen molar-refractivity contribution in [1.29, 1.82) is 0 Å². The van der Waals surface area contributed by atoms with Gasteiger partial charge in [0.15, 0.2) is 0 Å². The minimum atomic E-state index is -3.36. The molecule has 1 amide bonds. The van der Waals surface area contributed by atoms with Gasteiger partial charge in [0.05, 0.1) is 22.9 Å². The maximum atomic E-state index is 14.0. The molecule has 3 N–H and O–H groups in total. The second-order valence-corrected chi connectivity index (χ2v) is 9.01. The Balaban J connectivity index is 1.46. The first-order valence-corrected chi connectivity index (χ1v) is 11.6. The third-order valence-electron chi connectivity index (χ3n) is 4.57. The Labute approximate surface area is 188 Å². The minimum Gasteiger partial charge on any atom is -0.338 e. The number of hydrogen-bond acceptors (Lipinski definition) is 4. The first kappa shape index (κ1) is 22.2. The molecule has 0 aliphatic rings. The van der Waals surface area contributed by atoms with Crippen molar-refractivity contribution in [2.24, 2.45) is 0 Å². The first-order chi connectivity index (χ1) is 15.7. The number of carbonyl (C=O) groups is 1. The van der Waals surface area contributed by atoms with Gasteiger partial charge in [-0.25, -0.2) is 22.2 Å². The fourth-order valence-electron chi connectivity index (χ4n) is 3.13. The summed E-state index contributed by atoms with van der Waals surface area (Å²) >= 11 is 0. The van der Waals surface area contributed by atoms with E-state index in [2.05, 4.69) is 20.0 Å². The van der Waals surface area contributed by atoms with E-state index < -0.39 is 21.7 Å². The van der Waals surface area contributed by atoms with Gasteiger partial charge in [0.1, 0.15) is 17.5 Å². The number of rotatable bonds is 6. The highest BCUT2D eigenvalue weighted by atomic mass is 32.2. The molecular weight excluding hydrogens is 450 g/mol. The molecule has 33 heavy (non-hydrogen) atoms. The molecule has 0 aliphatic carbocycles. The smallest absolute Gasteiger partial charge is 0.248 e. The lowest BCUT2D eigenvalue weighted by Crippen LogP contribution is -2.09. The molecule has 3 aromatic carbocycles. The number of sulfonamides is 1. The highest BCUT2D eigenvalue weighted by Crippen LogP contribution is 2.25. The van der Waals surface area contributed by atoms with Crippen LogP contribution in [0.25, 0.3) is 28.5 Å². The van der Waals surface area contributed by atoms with Crippen molar-refractivity contribution in [2.75, 3.05) is 16.3 Å². The van der Waals surface area contributed by atoms with E-state index in [4.69, 9.17) is 0 Å². The molecular formula is C23H18F2N4O3S. The summed E-state index contributed by atoms with van der Waals surface area (Å²) in [6.45, 7) is 0. The van der Waals surface area contributed by atoms with Crippen molar-refractivity contribution in [2.45, 2.75) is 0 Å². The van der Waals surface area contributed by atoms with Crippen molar-refractivity contribution < 1.29 is 22.0 Å². The van der Waals surface area contributed by atoms with Crippen LogP contribution in [0.15, 0.2) is 66.7 Å². The predicted molar refractivity (Wildman–Crippen MR) is 124 cm³/mol. The van der Waals surface area contributed by atoms with E-state index in [0.29, 0.717) is 28.0 Å². The Bertz CT molecular complexity index is 1480. The topological polar surface area (TPSA) is 104 Å². The second-order valence-electron chi connectivity index (χ2n) is 7.26. The largest absolute Gasteiger partial charge is 0.338 e. The number of aromatic amines is 1. The Kier molecular flexibility index (Phi) is 5.93. The summed E-state index contributed by atoms with van der Waals surface area (Å²) in [5, 5.41) is 2.72. The van der Waals surface area contributed by atoms with Gasteiger partial charge in [-0.1, -0.05) is 12.1 Å². The monoisotopic (exact) mass is 468 g/mol. The van der Waals surface area contributed by atoms with Gasteiger partial charge in [0.25, 0.3) is 0 Å². The molecule has 0 unspecified atom stereocenters. The SMILES string of the molecule is CS(=O)(=O)Nc1ccc(/C=C/C(=O)Nc2ccc3nc(-c4cc(F)ccc4F)[nH]c3c2)cc1. The normalized spacial score (nSPS) is 11.7. The van der Waals surface area contributed by atoms with E-state index in [-0.39, 0.29) is 17.3 Å². The molecule has 10 heteroatoms. The molecule has 1 heterocycles. The number of amides is 1. The number of nitrogens with one attached hydrogen (secondary N) is 3. The van der Waals surface area contributed by atoms with Crippen molar-refractivity contribution in [3.05, 3.63) is 83.9 Å². The van der Waals surface area contributed by atoms with Crippen LogP contribution in [0.2, 0.25) is 0 Å². The highest BCUT2D eigenvalue weighted by molar-refractivity contribution is 7.92. The first-order valence-electron chi connectivity index (χ1n) is 9.68. The van der Waals surface area contributed by atoms with Crippen LogP contribution in [0.5, 0.6) is 0 Å². The summed E-state index contributed by atoms with van der Waals surface area (Å²) in [5.74, 6) is -1.38. The van der Waals surface area contributed by atoms with Gasteiger partial charge in [-0.05, 0) is 60.2 Å². The number of fused-ring (bicyclic) bond motifs is 1. The van der Waals surface area contributed by atoms with E-state index in [1.165, 1.54) is 6.08 Å². The number of hydrogen-bond donors (Lipinski definition) is 3. The number of imidazole rings is 1. The Morgan fingerprint density at radius 2 is 1.73 bits per heavy atom. The summed E-state index contributed by atoms with van der Waals surface area (Å²) in [4.78, 5) is 19.5. The molecule has 0 saturated heterocycles. The Hall–Kier alpha value is -4.05. The summed E-state index contributed by atoms with van der Waals surface area (Å²) in [7, 11) is -3.36. The molecule has 0 spiro atoms. The molecule has 0 bridgehead atoms. The molecule has 0 saturated carbocycles. The number of H-pyrrole nitrogens is 1. The number of halogens is 2. The van der Waals surface area contributed by atoms with Crippen molar-refractivity contribution in [1.82, 2.24) is 9.97 Å². The van der Waals surface area contributed by atoms with E-state index in [0.717, 1.165) is 24.5 Å². The molecule has 4 aromatic rings. The standard InChI is InChI=1S/C23H18F2N4O3S/c1-33(31,32)29-16-6-2-14(3-7-16)4-11-22(30)26-17-8-10-20-21(13-17)28-23(27-20)18-12-15(24)5-9-19(18)25/h2-13,29H,1H3,(H,26,30)(H,27,28)/b11-4+. The molecule has 1 aromatic heterocycles.